The molecule has 0 bridgehead atoms. The molecule has 15 heteroatoms. The number of carbonyl (C=O) groups is 4. The number of benzene rings is 1. The van der Waals surface area contributed by atoms with E-state index in [0.29, 0.717) is 18.2 Å². The Morgan fingerprint density at radius 1 is 1.00 bits per heavy atom. The molecule has 47 heavy (non-hydrogen) atoms. The SMILES string of the molecule is CC(C)(C)OC(=O)NCC12CC1CN(Cc1ccc(-n3ccc(NC(=O)N4CCN(C(=O)C(C)(C)NC(=O)O)CC4)nc3=O)cc1)C2. The molecule has 5 amide bonds. The largest absolute Gasteiger partial charge is 0.465 e. The van der Waals surface area contributed by atoms with Crippen LogP contribution in [-0.2, 0) is 16.1 Å². The predicted octanol–water partition coefficient (Wildman–Crippen LogP) is 2.30. The zero-order valence-electron chi connectivity index (χ0n) is 27.5. The van der Waals surface area contributed by atoms with Crippen LogP contribution in [0.5, 0.6) is 0 Å². The van der Waals surface area contributed by atoms with E-state index >= 15 is 0 Å². The van der Waals surface area contributed by atoms with Crippen LogP contribution in [0.15, 0.2) is 41.3 Å². The molecule has 2 aliphatic heterocycles. The van der Waals surface area contributed by atoms with Crippen LogP contribution in [0.25, 0.3) is 5.69 Å². The van der Waals surface area contributed by atoms with Gasteiger partial charge < -0.3 is 30.3 Å². The summed E-state index contributed by atoms with van der Waals surface area (Å²) in [4.78, 5) is 71.0. The third kappa shape index (κ3) is 8.20. The van der Waals surface area contributed by atoms with Gasteiger partial charge in [-0.15, -0.1) is 0 Å². The number of nitrogens with zero attached hydrogens (tertiary/aromatic N) is 5. The molecular formula is C32H44N8O7. The lowest BCUT2D eigenvalue weighted by atomic mass is 10.0. The van der Waals surface area contributed by atoms with E-state index in [0.717, 1.165) is 31.6 Å². The number of alkyl carbamates (subject to hydrolysis) is 1. The van der Waals surface area contributed by atoms with Crippen LogP contribution in [0.4, 0.5) is 20.2 Å². The van der Waals surface area contributed by atoms with E-state index in [4.69, 9.17) is 9.84 Å². The second-order valence-corrected chi connectivity index (χ2v) is 14.2. The molecule has 3 aliphatic rings. The van der Waals surface area contributed by atoms with Crippen molar-refractivity contribution in [2.24, 2.45) is 11.3 Å². The number of hydrogen-bond donors (Lipinski definition) is 4. The fourth-order valence-electron chi connectivity index (χ4n) is 6.37. The van der Waals surface area contributed by atoms with Gasteiger partial charge in [0, 0.05) is 64.0 Å². The van der Waals surface area contributed by atoms with Crippen molar-refractivity contribution in [3.63, 3.8) is 0 Å². The number of anilines is 1. The van der Waals surface area contributed by atoms with Gasteiger partial charge in [0.25, 0.3) is 0 Å². The Bertz CT molecular complexity index is 1580. The van der Waals surface area contributed by atoms with Crippen molar-refractivity contribution in [3.05, 3.63) is 52.6 Å². The maximum Gasteiger partial charge on any atom is 0.407 e. The van der Waals surface area contributed by atoms with E-state index in [1.807, 2.05) is 45.0 Å². The number of amides is 5. The Hall–Kier alpha value is -4.66. The van der Waals surface area contributed by atoms with Crippen molar-refractivity contribution < 1.29 is 29.0 Å². The van der Waals surface area contributed by atoms with Crippen LogP contribution < -0.4 is 21.6 Å². The van der Waals surface area contributed by atoms with Gasteiger partial charge in [0.1, 0.15) is 17.0 Å². The quantitative estimate of drug-likeness (QED) is 0.333. The molecule has 15 nitrogen and oxygen atoms in total. The molecule has 5 rings (SSSR count). The first kappa shape index (κ1) is 33.7. The van der Waals surface area contributed by atoms with E-state index in [1.165, 1.54) is 28.2 Å². The molecule has 4 N–H and O–H groups in total. The summed E-state index contributed by atoms with van der Waals surface area (Å²) >= 11 is 0. The number of piperazine rings is 1. The molecule has 1 aliphatic carbocycles. The van der Waals surface area contributed by atoms with E-state index in [1.54, 1.807) is 12.3 Å². The van der Waals surface area contributed by atoms with E-state index in [9.17, 15) is 24.0 Å². The number of carbonyl (C=O) groups excluding carboxylic acids is 3. The molecule has 3 heterocycles. The Morgan fingerprint density at radius 3 is 2.28 bits per heavy atom. The highest BCUT2D eigenvalue weighted by molar-refractivity contribution is 5.90. The van der Waals surface area contributed by atoms with Gasteiger partial charge in [-0.2, -0.15) is 4.98 Å². The minimum atomic E-state index is -1.29. The molecule has 2 unspecified atom stereocenters. The summed E-state index contributed by atoms with van der Waals surface area (Å²) in [6.07, 6.45) is 0.996. The molecule has 0 radical (unpaired) electrons. The predicted molar refractivity (Wildman–Crippen MR) is 172 cm³/mol. The molecule has 2 saturated heterocycles. The van der Waals surface area contributed by atoms with Crippen molar-refractivity contribution in [2.75, 3.05) is 51.1 Å². The highest BCUT2D eigenvalue weighted by Crippen LogP contribution is 2.57. The number of likely N-dealkylation sites (tertiary alicyclic amines) is 1. The molecule has 1 aromatic carbocycles. The number of urea groups is 1. The molecule has 2 aromatic rings. The first-order valence-corrected chi connectivity index (χ1v) is 15.8. The highest BCUT2D eigenvalue weighted by atomic mass is 16.6. The number of aromatic nitrogens is 2. The van der Waals surface area contributed by atoms with Gasteiger partial charge in [0.05, 0.1) is 5.69 Å². The summed E-state index contributed by atoms with van der Waals surface area (Å²) in [5.74, 6) is 0.305. The number of hydrogen-bond acceptors (Lipinski definition) is 8. The van der Waals surface area contributed by atoms with Gasteiger partial charge in [-0.1, -0.05) is 12.1 Å². The van der Waals surface area contributed by atoms with Gasteiger partial charge in [0.15, 0.2) is 0 Å². The summed E-state index contributed by atoms with van der Waals surface area (Å²) in [6.45, 7) is 12.8. The summed E-state index contributed by atoms with van der Waals surface area (Å²) < 4.78 is 6.78. The Labute approximate surface area is 273 Å². The molecule has 1 aromatic heterocycles. The summed E-state index contributed by atoms with van der Waals surface area (Å²) in [5, 5.41) is 16.8. The van der Waals surface area contributed by atoms with Gasteiger partial charge >= 0.3 is 23.9 Å². The van der Waals surface area contributed by atoms with E-state index < -0.39 is 29.0 Å². The average Bonchev–Trinajstić information content (AvgIpc) is 3.54. The van der Waals surface area contributed by atoms with Crippen molar-refractivity contribution in [1.82, 2.24) is 34.9 Å². The minimum Gasteiger partial charge on any atom is -0.465 e. The molecule has 254 valence electrons. The number of nitrogens with one attached hydrogen (secondary N) is 3. The molecule has 3 fully saturated rings. The fourth-order valence-corrected chi connectivity index (χ4v) is 6.37. The minimum absolute atomic E-state index is 0.110. The van der Waals surface area contributed by atoms with Crippen molar-refractivity contribution in [3.8, 4) is 5.69 Å². The summed E-state index contributed by atoms with van der Waals surface area (Å²) in [6, 6.07) is 8.79. The second kappa shape index (κ2) is 12.9. The van der Waals surface area contributed by atoms with Gasteiger partial charge in [-0.05, 0) is 70.7 Å². The number of piperidine rings is 1. The summed E-state index contributed by atoms with van der Waals surface area (Å²) in [7, 11) is 0. The number of ether oxygens (including phenoxy) is 1. The van der Waals surface area contributed by atoms with E-state index in [2.05, 4.69) is 25.8 Å². The van der Waals surface area contributed by atoms with Gasteiger partial charge in [-0.3, -0.25) is 19.6 Å². The number of rotatable bonds is 8. The van der Waals surface area contributed by atoms with Crippen LogP contribution in [0.2, 0.25) is 0 Å². The van der Waals surface area contributed by atoms with Crippen LogP contribution >= 0.6 is 0 Å². The standard InChI is InChI=1S/C32H44N8O7/c1-30(2,3)47-29(46)33-19-32-16-22(32)18-37(20-32)17-21-6-8-23(9-7-21)40-11-10-24(35-27(40)43)34-26(42)39-14-12-38(13-15-39)25(41)31(4,5)36-28(44)45/h6-11,22,36H,12-20H2,1-5H3,(H,33,46)(H,44,45)(H,34,35,42,43). The van der Waals surface area contributed by atoms with Crippen LogP contribution in [0, 0.1) is 11.3 Å². The lowest BCUT2D eigenvalue weighted by Gasteiger charge is -2.38. The molecule has 2 atom stereocenters. The topological polar surface area (TPSA) is 178 Å². The second-order valence-electron chi connectivity index (χ2n) is 14.2. The molecule has 1 saturated carbocycles. The normalized spacial score (nSPS) is 21.1. The molecule has 0 spiro atoms. The fraction of sp³-hybridized carbons (Fsp3) is 0.562. The van der Waals surface area contributed by atoms with Crippen molar-refractivity contribution >= 4 is 29.9 Å². The lowest BCUT2D eigenvalue weighted by Crippen LogP contribution is -2.60. The maximum absolute atomic E-state index is 12.9. The lowest BCUT2D eigenvalue weighted by molar-refractivity contribution is -0.138. The Balaban J connectivity index is 1.09. The van der Waals surface area contributed by atoms with Crippen molar-refractivity contribution in [1.29, 1.82) is 0 Å². The van der Waals surface area contributed by atoms with Crippen LogP contribution in [-0.4, -0.2) is 110 Å². The number of carboxylic acid groups (broad SMARTS) is 1. The average molecular weight is 653 g/mol. The zero-order valence-corrected chi connectivity index (χ0v) is 27.5. The van der Waals surface area contributed by atoms with Gasteiger partial charge in [-0.25, -0.2) is 19.2 Å². The zero-order chi connectivity index (χ0) is 34.1. The monoisotopic (exact) mass is 652 g/mol. The Morgan fingerprint density at radius 2 is 1.66 bits per heavy atom. The third-order valence-corrected chi connectivity index (χ3v) is 8.83. The summed E-state index contributed by atoms with van der Waals surface area (Å²) in [5.41, 5.74) is -0.488. The highest BCUT2D eigenvalue weighted by Gasteiger charge is 2.59. The van der Waals surface area contributed by atoms with E-state index in [-0.39, 0.29) is 49.4 Å². The first-order valence-electron chi connectivity index (χ1n) is 15.8. The van der Waals surface area contributed by atoms with Gasteiger partial charge in [0.2, 0.25) is 5.91 Å². The third-order valence-electron chi connectivity index (χ3n) is 8.83. The Kier molecular flexibility index (Phi) is 9.22. The smallest absolute Gasteiger partial charge is 0.407 e. The molecular weight excluding hydrogens is 608 g/mol. The van der Waals surface area contributed by atoms with Crippen molar-refractivity contribution in [2.45, 2.75) is 58.7 Å². The maximum atomic E-state index is 12.9. The van der Waals surface area contributed by atoms with Crippen LogP contribution in [0.1, 0.15) is 46.6 Å². The first-order chi connectivity index (χ1) is 22.0. The number of fused-ring (bicyclic) bond motifs is 1. The van der Waals surface area contributed by atoms with Crippen LogP contribution in [0.3, 0.4) is 0 Å².